The number of likely N-dealkylation sites (tertiary alicyclic amines) is 1. The van der Waals surface area contributed by atoms with Crippen LogP contribution in [0.25, 0.3) is 0 Å². The van der Waals surface area contributed by atoms with Crippen LogP contribution in [-0.4, -0.2) is 75.6 Å². The molecule has 0 aromatic heterocycles. The molecule has 2 aromatic rings. The number of nitrogens with one attached hydrogen (secondary N) is 2. The van der Waals surface area contributed by atoms with Crippen molar-refractivity contribution >= 4 is 39.3 Å². The van der Waals surface area contributed by atoms with Crippen molar-refractivity contribution < 1.29 is 29.0 Å². The maximum absolute atomic E-state index is 14.5. The molecule has 6 rings (SSSR count). The second-order valence-electron chi connectivity index (χ2n) is 12.2. The number of aliphatic hydroxyl groups excluding tert-OH is 1. The zero-order chi connectivity index (χ0) is 30.1. The number of ether oxygens (including phenoxy) is 2. The van der Waals surface area contributed by atoms with E-state index in [1.54, 1.807) is 29.2 Å². The molecule has 3 saturated heterocycles. The minimum absolute atomic E-state index is 0.0347. The number of benzene rings is 2. The van der Waals surface area contributed by atoms with Gasteiger partial charge in [0.2, 0.25) is 17.7 Å². The van der Waals surface area contributed by atoms with Gasteiger partial charge in [-0.15, -0.1) is 0 Å². The molecule has 0 radical (unpaired) electrons. The Morgan fingerprint density at radius 2 is 1.81 bits per heavy atom. The monoisotopic (exact) mass is 653 g/mol. The predicted molar refractivity (Wildman–Crippen MR) is 165 cm³/mol. The molecule has 3 unspecified atom stereocenters. The van der Waals surface area contributed by atoms with Crippen LogP contribution in [0.3, 0.4) is 0 Å². The first kappa shape index (κ1) is 30.1. The number of hydrogen-bond acceptors (Lipinski definition) is 6. The van der Waals surface area contributed by atoms with Crippen molar-refractivity contribution in [1.82, 2.24) is 10.2 Å². The number of anilines is 1. The zero-order valence-electron chi connectivity index (χ0n) is 24.4. The van der Waals surface area contributed by atoms with Gasteiger partial charge in [0.15, 0.2) is 0 Å². The number of amides is 3. The third-order valence-electron chi connectivity index (χ3n) is 9.58. The average Bonchev–Trinajstić information content (AvgIpc) is 3.61. The summed E-state index contributed by atoms with van der Waals surface area (Å²) in [5, 5.41) is 16.9. The van der Waals surface area contributed by atoms with Gasteiger partial charge in [-0.25, -0.2) is 0 Å². The summed E-state index contributed by atoms with van der Waals surface area (Å²) in [6, 6.07) is 15.2. The topological polar surface area (TPSA) is 117 Å². The zero-order valence-corrected chi connectivity index (χ0v) is 26.0. The summed E-state index contributed by atoms with van der Waals surface area (Å²) in [6.45, 7) is 2.13. The summed E-state index contributed by atoms with van der Waals surface area (Å²) in [7, 11) is 0. The normalized spacial score (nSPS) is 30.6. The Morgan fingerprint density at radius 3 is 2.49 bits per heavy atom. The van der Waals surface area contributed by atoms with Gasteiger partial charge in [0.05, 0.1) is 37.2 Å². The molecule has 9 nitrogen and oxygen atoms in total. The molecular formula is C33H40BrN3O6. The van der Waals surface area contributed by atoms with E-state index >= 15 is 0 Å². The maximum atomic E-state index is 14.5. The fourth-order valence-corrected chi connectivity index (χ4v) is 8.69. The SMILES string of the molecule is CCOc1ccc(NC(=O)[C@H]2[C@H]3C(=O)N([C@@H](CO)Cc4ccccc4)C(C(=O)NC4CCCCC4)C34CC(Br)[C@@H]2O4)cc1. The molecular weight excluding hydrogens is 614 g/mol. The largest absolute Gasteiger partial charge is 0.494 e. The number of carbonyl (C=O) groups is 3. The lowest BCUT2D eigenvalue weighted by Crippen LogP contribution is -2.59. The van der Waals surface area contributed by atoms with Gasteiger partial charge in [0, 0.05) is 16.6 Å². The van der Waals surface area contributed by atoms with E-state index in [1.165, 1.54) is 0 Å². The Kier molecular flexibility index (Phi) is 8.80. The average molecular weight is 655 g/mol. The molecule has 3 heterocycles. The van der Waals surface area contributed by atoms with E-state index in [0.29, 0.717) is 30.9 Å². The van der Waals surface area contributed by atoms with Crippen molar-refractivity contribution in [2.45, 2.75) is 86.5 Å². The van der Waals surface area contributed by atoms with Crippen LogP contribution >= 0.6 is 15.9 Å². The summed E-state index contributed by atoms with van der Waals surface area (Å²) < 4.78 is 12.2. The van der Waals surface area contributed by atoms with Gasteiger partial charge in [0.25, 0.3) is 0 Å². The Morgan fingerprint density at radius 1 is 1.09 bits per heavy atom. The van der Waals surface area contributed by atoms with E-state index in [0.717, 1.165) is 37.7 Å². The molecule has 43 heavy (non-hydrogen) atoms. The van der Waals surface area contributed by atoms with Crippen LogP contribution in [0.4, 0.5) is 5.69 Å². The van der Waals surface area contributed by atoms with E-state index in [9.17, 15) is 19.5 Å². The number of alkyl halides is 1. The second-order valence-corrected chi connectivity index (χ2v) is 13.4. The highest BCUT2D eigenvalue weighted by molar-refractivity contribution is 9.09. The van der Waals surface area contributed by atoms with E-state index in [1.807, 2.05) is 37.3 Å². The highest BCUT2D eigenvalue weighted by atomic mass is 79.9. The second kappa shape index (κ2) is 12.6. The van der Waals surface area contributed by atoms with Gasteiger partial charge in [-0.1, -0.05) is 65.5 Å². The number of aliphatic hydroxyl groups is 1. The van der Waals surface area contributed by atoms with Crippen molar-refractivity contribution in [3.63, 3.8) is 0 Å². The standard InChI is InChI=1S/C33H40BrN3O6/c1-2-42-24-15-13-22(14-16-24)35-30(39)26-27-32(41)37(23(19-38)17-20-9-5-3-6-10-20)29(33(27)18-25(34)28(26)43-33)31(40)36-21-11-7-4-8-12-21/h3,5-6,9-10,13-16,21,23,25-29,38H,2,4,7-8,11-12,17-19H2,1H3,(H,35,39)(H,36,40)/t23-,25?,26+,27+,28+,29?,33?/m1/s1. The first-order valence-corrected chi connectivity index (χ1v) is 16.4. The molecule has 1 aliphatic carbocycles. The van der Waals surface area contributed by atoms with Gasteiger partial charge in [-0.3, -0.25) is 14.4 Å². The smallest absolute Gasteiger partial charge is 0.246 e. The van der Waals surface area contributed by atoms with E-state index in [-0.39, 0.29) is 35.2 Å². The molecule has 4 fully saturated rings. The Bertz CT molecular complexity index is 1320. The fraction of sp³-hybridized carbons (Fsp3) is 0.545. The first-order valence-electron chi connectivity index (χ1n) is 15.5. The third-order valence-corrected chi connectivity index (χ3v) is 10.4. The molecule has 7 atom stereocenters. The third kappa shape index (κ3) is 5.58. The number of nitrogens with zero attached hydrogens (tertiary/aromatic N) is 1. The lowest BCUT2D eigenvalue weighted by atomic mass is 9.70. The number of halogens is 1. The molecule has 3 aliphatic heterocycles. The van der Waals surface area contributed by atoms with Crippen LogP contribution in [0.1, 0.15) is 51.0 Å². The van der Waals surface area contributed by atoms with E-state index in [2.05, 4.69) is 26.6 Å². The van der Waals surface area contributed by atoms with Crippen LogP contribution in [-0.2, 0) is 25.5 Å². The minimum atomic E-state index is -1.18. The van der Waals surface area contributed by atoms with Crippen LogP contribution in [0.5, 0.6) is 5.75 Å². The predicted octanol–water partition coefficient (Wildman–Crippen LogP) is 3.82. The van der Waals surface area contributed by atoms with Crippen molar-refractivity contribution in [2.24, 2.45) is 11.8 Å². The van der Waals surface area contributed by atoms with E-state index in [4.69, 9.17) is 9.47 Å². The van der Waals surface area contributed by atoms with Crippen molar-refractivity contribution in [1.29, 1.82) is 0 Å². The van der Waals surface area contributed by atoms with Gasteiger partial charge < -0.3 is 30.1 Å². The number of hydrogen-bond donors (Lipinski definition) is 3. The molecule has 3 N–H and O–H groups in total. The lowest BCUT2D eigenvalue weighted by molar-refractivity contribution is -0.145. The van der Waals surface area contributed by atoms with Crippen LogP contribution in [0, 0.1) is 11.8 Å². The quantitative estimate of drug-likeness (QED) is 0.336. The van der Waals surface area contributed by atoms with Gasteiger partial charge in [-0.2, -0.15) is 0 Å². The van der Waals surface area contributed by atoms with Crippen molar-refractivity contribution in [2.75, 3.05) is 18.5 Å². The Balaban J connectivity index is 1.33. The molecule has 230 valence electrons. The molecule has 1 saturated carbocycles. The summed E-state index contributed by atoms with van der Waals surface area (Å²) >= 11 is 3.74. The molecule has 10 heteroatoms. The van der Waals surface area contributed by atoms with Crippen LogP contribution < -0.4 is 15.4 Å². The lowest BCUT2D eigenvalue weighted by Gasteiger charge is -2.38. The molecule has 3 amide bonds. The van der Waals surface area contributed by atoms with Crippen LogP contribution in [0.15, 0.2) is 54.6 Å². The molecule has 4 aliphatic rings. The fourth-order valence-electron chi connectivity index (χ4n) is 7.75. The summed E-state index contributed by atoms with van der Waals surface area (Å²) in [6.07, 6.45) is 5.28. The van der Waals surface area contributed by atoms with Gasteiger partial charge in [-0.05, 0) is 62.4 Å². The van der Waals surface area contributed by atoms with Gasteiger partial charge in [0.1, 0.15) is 17.4 Å². The van der Waals surface area contributed by atoms with Crippen molar-refractivity contribution in [3.05, 3.63) is 60.2 Å². The molecule has 2 bridgehead atoms. The molecule has 2 aromatic carbocycles. The van der Waals surface area contributed by atoms with E-state index < -0.39 is 35.6 Å². The highest BCUT2D eigenvalue weighted by Crippen LogP contribution is 2.60. The van der Waals surface area contributed by atoms with Crippen LogP contribution in [0.2, 0.25) is 0 Å². The first-order chi connectivity index (χ1) is 20.9. The summed E-state index contributed by atoms with van der Waals surface area (Å²) in [5.74, 6) is -1.85. The summed E-state index contributed by atoms with van der Waals surface area (Å²) in [5.41, 5.74) is 0.353. The number of carbonyl (C=O) groups excluding carboxylic acids is 3. The van der Waals surface area contributed by atoms with Crippen molar-refractivity contribution in [3.8, 4) is 5.75 Å². The van der Waals surface area contributed by atoms with Gasteiger partial charge >= 0.3 is 0 Å². The Labute approximate surface area is 260 Å². The molecule has 1 spiro atoms. The Hall–Kier alpha value is -2.95. The maximum Gasteiger partial charge on any atom is 0.246 e. The number of fused-ring (bicyclic) bond motifs is 1. The highest BCUT2D eigenvalue weighted by Gasteiger charge is 2.77. The minimum Gasteiger partial charge on any atom is -0.494 e. The summed E-state index contributed by atoms with van der Waals surface area (Å²) in [4.78, 5) is 44.0. The number of rotatable bonds is 10.